The molecule has 0 bridgehead atoms. The molecule has 0 aliphatic carbocycles. The largest absolute Gasteiger partial charge is 0.324 e. The predicted octanol–water partition coefficient (Wildman–Crippen LogP) is 1.99. The Morgan fingerprint density at radius 2 is 1.70 bits per heavy atom. The zero-order valence-electron chi connectivity index (χ0n) is 13.4. The third-order valence-electron chi connectivity index (χ3n) is 4.36. The van der Waals surface area contributed by atoms with Gasteiger partial charge in [0.05, 0.1) is 6.26 Å². The van der Waals surface area contributed by atoms with Crippen LogP contribution >= 0.6 is 0 Å². The van der Waals surface area contributed by atoms with Crippen LogP contribution in [0.25, 0.3) is 5.69 Å². The first-order valence-electron chi connectivity index (χ1n) is 7.93. The minimum atomic E-state index is -3.04. The summed E-state index contributed by atoms with van der Waals surface area (Å²) in [5, 5.41) is 3.54. The van der Waals surface area contributed by atoms with E-state index in [2.05, 4.69) is 34.1 Å². The highest BCUT2D eigenvalue weighted by atomic mass is 32.2. The number of aromatic nitrogens is 1. The summed E-state index contributed by atoms with van der Waals surface area (Å²) in [6.45, 7) is 2.04. The van der Waals surface area contributed by atoms with Gasteiger partial charge in [0.25, 0.3) is 0 Å². The van der Waals surface area contributed by atoms with E-state index in [0.717, 1.165) is 25.1 Å². The molecule has 1 aliphatic heterocycles. The highest BCUT2D eigenvalue weighted by molar-refractivity contribution is 7.88. The van der Waals surface area contributed by atoms with Crippen LogP contribution < -0.4 is 5.32 Å². The Bertz CT molecular complexity index is 716. The maximum Gasteiger partial charge on any atom is 0.211 e. The summed E-state index contributed by atoms with van der Waals surface area (Å²) in [4.78, 5) is 0. The second-order valence-corrected chi connectivity index (χ2v) is 8.06. The highest BCUT2D eigenvalue weighted by Gasteiger charge is 2.24. The van der Waals surface area contributed by atoms with Crippen LogP contribution in [0.1, 0.15) is 18.4 Å². The summed E-state index contributed by atoms with van der Waals surface area (Å²) in [7, 11) is -3.04. The molecule has 1 aromatic carbocycles. The third-order valence-corrected chi connectivity index (χ3v) is 5.66. The first-order valence-corrected chi connectivity index (χ1v) is 9.78. The summed E-state index contributed by atoms with van der Waals surface area (Å²) in [6, 6.07) is 12.9. The first-order chi connectivity index (χ1) is 11.0. The molecule has 0 amide bonds. The number of rotatable bonds is 5. The van der Waals surface area contributed by atoms with Crippen LogP contribution in [0.15, 0.2) is 48.8 Å². The van der Waals surface area contributed by atoms with Crippen molar-refractivity contribution < 1.29 is 8.42 Å². The second kappa shape index (κ2) is 6.86. The van der Waals surface area contributed by atoms with Gasteiger partial charge in [-0.2, -0.15) is 0 Å². The number of piperidine rings is 1. The molecule has 6 heteroatoms. The lowest BCUT2D eigenvalue weighted by atomic mass is 10.1. The monoisotopic (exact) mass is 333 g/mol. The maximum atomic E-state index is 11.5. The van der Waals surface area contributed by atoms with Gasteiger partial charge in [-0.05, 0) is 42.7 Å². The molecule has 2 aromatic rings. The summed E-state index contributed by atoms with van der Waals surface area (Å²) in [5.74, 6) is 0. The van der Waals surface area contributed by atoms with Crippen LogP contribution in [0.4, 0.5) is 0 Å². The van der Waals surface area contributed by atoms with Crippen molar-refractivity contribution >= 4 is 10.0 Å². The van der Waals surface area contributed by atoms with Gasteiger partial charge in [0.1, 0.15) is 0 Å². The highest BCUT2D eigenvalue weighted by Crippen LogP contribution is 2.15. The summed E-state index contributed by atoms with van der Waals surface area (Å²) < 4.78 is 26.7. The fraction of sp³-hybridized carbons (Fsp3) is 0.412. The van der Waals surface area contributed by atoms with Crippen LogP contribution in [0.3, 0.4) is 0 Å². The third kappa shape index (κ3) is 4.22. The SMILES string of the molecule is CS(=O)(=O)N1CCC(NCc2ccc(-n3cccc3)cc2)CC1. The lowest BCUT2D eigenvalue weighted by Gasteiger charge is -2.30. The quantitative estimate of drug-likeness (QED) is 0.910. The molecular formula is C17H23N3O2S. The summed E-state index contributed by atoms with van der Waals surface area (Å²) in [6.07, 6.45) is 7.09. The van der Waals surface area contributed by atoms with Gasteiger partial charge in [0, 0.05) is 43.8 Å². The van der Waals surface area contributed by atoms with E-state index < -0.39 is 10.0 Å². The molecule has 0 spiro atoms. The van der Waals surface area contributed by atoms with Crippen LogP contribution in [-0.2, 0) is 16.6 Å². The Morgan fingerprint density at radius 1 is 1.09 bits per heavy atom. The normalized spacial score (nSPS) is 17.4. The molecular weight excluding hydrogens is 310 g/mol. The van der Waals surface area contributed by atoms with Crippen LogP contribution in [0.5, 0.6) is 0 Å². The molecule has 0 saturated carbocycles. The number of nitrogens with one attached hydrogen (secondary N) is 1. The number of benzene rings is 1. The van der Waals surface area contributed by atoms with Crippen LogP contribution in [0, 0.1) is 0 Å². The molecule has 0 atom stereocenters. The molecule has 1 aliphatic rings. The van der Waals surface area contributed by atoms with Gasteiger partial charge < -0.3 is 9.88 Å². The van der Waals surface area contributed by atoms with Crippen molar-refractivity contribution in [2.45, 2.75) is 25.4 Å². The van der Waals surface area contributed by atoms with E-state index in [4.69, 9.17) is 0 Å². The van der Waals surface area contributed by atoms with Crippen molar-refractivity contribution in [2.24, 2.45) is 0 Å². The number of hydrogen-bond donors (Lipinski definition) is 1. The Balaban J connectivity index is 1.50. The minimum absolute atomic E-state index is 0.386. The lowest BCUT2D eigenvalue weighted by Crippen LogP contribution is -2.44. The van der Waals surface area contributed by atoms with E-state index in [-0.39, 0.29) is 0 Å². The van der Waals surface area contributed by atoms with E-state index in [9.17, 15) is 8.42 Å². The maximum absolute atomic E-state index is 11.5. The van der Waals surface area contributed by atoms with Crippen molar-refractivity contribution in [3.05, 3.63) is 54.4 Å². The van der Waals surface area contributed by atoms with E-state index in [1.165, 1.54) is 11.8 Å². The summed E-state index contributed by atoms with van der Waals surface area (Å²) in [5.41, 5.74) is 2.40. The molecule has 0 unspecified atom stereocenters. The Labute approximate surface area is 138 Å². The van der Waals surface area contributed by atoms with E-state index >= 15 is 0 Å². The number of sulfonamides is 1. The van der Waals surface area contributed by atoms with Crippen molar-refractivity contribution in [2.75, 3.05) is 19.3 Å². The van der Waals surface area contributed by atoms with Crippen molar-refractivity contribution in [3.63, 3.8) is 0 Å². The van der Waals surface area contributed by atoms with Gasteiger partial charge in [0.15, 0.2) is 0 Å². The Hall–Kier alpha value is -1.63. The molecule has 2 heterocycles. The van der Waals surface area contributed by atoms with E-state index in [1.54, 1.807) is 4.31 Å². The fourth-order valence-corrected chi connectivity index (χ4v) is 3.82. The molecule has 124 valence electrons. The van der Waals surface area contributed by atoms with Crippen molar-refractivity contribution in [3.8, 4) is 5.69 Å². The van der Waals surface area contributed by atoms with Gasteiger partial charge in [-0.25, -0.2) is 12.7 Å². The van der Waals surface area contributed by atoms with Crippen molar-refractivity contribution in [1.29, 1.82) is 0 Å². The molecule has 23 heavy (non-hydrogen) atoms. The lowest BCUT2D eigenvalue weighted by molar-refractivity contribution is 0.290. The van der Waals surface area contributed by atoms with Gasteiger partial charge in [0.2, 0.25) is 10.0 Å². The Kier molecular flexibility index (Phi) is 4.84. The molecule has 1 saturated heterocycles. The molecule has 1 fully saturated rings. The molecule has 1 aromatic heterocycles. The molecule has 5 nitrogen and oxygen atoms in total. The first kappa shape index (κ1) is 16.2. The number of hydrogen-bond acceptors (Lipinski definition) is 3. The smallest absolute Gasteiger partial charge is 0.211 e. The zero-order valence-corrected chi connectivity index (χ0v) is 14.2. The predicted molar refractivity (Wildman–Crippen MR) is 92.0 cm³/mol. The molecule has 1 N–H and O–H groups in total. The van der Waals surface area contributed by atoms with E-state index in [1.807, 2.05) is 24.5 Å². The second-order valence-electron chi connectivity index (χ2n) is 6.07. The van der Waals surface area contributed by atoms with Crippen LogP contribution in [0.2, 0.25) is 0 Å². The van der Waals surface area contributed by atoms with Crippen LogP contribution in [-0.4, -0.2) is 42.7 Å². The zero-order chi connectivity index (χ0) is 16.3. The van der Waals surface area contributed by atoms with Gasteiger partial charge >= 0.3 is 0 Å². The minimum Gasteiger partial charge on any atom is -0.324 e. The molecule has 3 rings (SSSR count). The average Bonchev–Trinajstić information content (AvgIpc) is 3.07. The topological polar surface area (TPSA) is 54.3 Å². The van der Waals surface area contributed by atoms with Gasteiger partial charge in [-0.1, -0.05) is 12.1 Å². The standard InChI is InChI=1S/C17H23N3O2S/c1-23(21,22)20-12-8-16(9-13-20)18-14-15-4-6-17(7-5-15)19-10-2-3-11-19/h2-7,10-11,16,18H,8-9,12-14H2,1H3. The molecule has 0 radical (unpaired) electrons. The van der Waals surface area contributed by atoms with Gasteiger partial charge in [-0.15, -0.1) is 0 Å². The number of nitrogens with zero attached hydrogens (tertiary/aromatic N) is 2. The Morgan fingerprint density at radius 3 is 2.26 bits per heavy atom. The van der Waals surface area contributed by atoms with E-state index in [0.29, 0.717) is 19.1 Å². The van der Waals surface area contributed by atoms with Crippen molar-refractivity contribution in [1.82, 2.24) is 14.2 Å². The summed E-state index contributed by atoms with van der Waals surface area (Å²) >= 11 is 0. The fourth-order valence-electron chi connectivity index (χ4n) is 2.95. The van der Waals surface area contributed by atoms with Gasteiger partial charge in [-0.3, -0.25) is 0 Å². The average molecular weight is 333 g/mol.